The first-order valence-electron chi connectivity index (χ1n) is 9.48. The first kappa shape index (κ1) is 19.1. The van der Waals surface area contributed by atoms with Crippen molar-refractivity contribution < 1.29 is 14.2 Å². The number of rotatable bonds is 6. The third-order valence-corrected chi connectivity index (χ3v) is 5.08. The van der Waals surface area contributed by atoms with Gasteiger partial charge >= 0.3 is 0 Å². The first-order chi connectivity index (χ1) is 14.2. The van der Waals surface area contributed by atoms with Crippen molar-refractivity contribution in [3.63, 3.8) is 0 Å². The second-order valence-corrected chi connectivity index (χ2v) is 6.90. The number of hydrogen-bond donors (Lipinski definition) is 0. The zero-order chi connectivity index (χ0) is 20.2. The van der Waals surface area contributed by atoms with Crippen molar-refractivity contribution in [2.45, 2.75) is 19.5 Å². The summed E-state index contributed by atoms with van der Waals surface area (Å²) in [5.74, 6) is 2.71. The molecular weight excluding hydrogens is 368 g/mol. The van der Waals surface area contributed by atoms with Crippen molar-refractivity contribution in [1.82, 2.24) is 19.9 Å². The lowest BCUT2D eigenvalue weighted by atomic mass is 10.1. The van der Waals surface area contributed by atoms with E-state index in [-0.39, 0.29) is 0 Å². The van der Waals surface area contributed by atoms with E-state index in [0.717, 1.165) is 48.7 Å². The van der Waals surface area contributed by atoms with Gasteiger partial charge < -0.3 is 14.2 Å². The third-order valence-electron chi connectivity index (χ3n) is 5.08. The van der Waals surface area contributed by atoms with Gasteiger partial charge in [0.25, 0.3) is 0 Å². The average molecular weight is 392 g/mol. The highest BCUT2D eigenvalue weighted by molar-refractivity contribution is 5.55. The molecule has 1 aliphatic rings. The van der Waals surface area contributed by atoms with Gasteiger partial charge in [0.1, 0.15) is 0 Å². The molecule has 1 aliphatic heterocycles. The van der Waals surface area contributed by atoms with E-state index in [9.17, 15) is 0 Å². The number of hydrogen-bond acceptors (Lipinski definition) is 7. The Bertz CT molecular complexity index is 970. The molecule has 0 spiro atoms. The summed E-state index contributed by atoms with van der Waals surface area (Å²) in [6, 6.07) is 7.86. The van der Waals surface area contributed by atoms with Gasteiger partial charge in [0.05, 0.1) is 27.0 Å². The van der Waals surface area contributed by atoms with Crippen molar-refractivity contribution >= 4 is 0 Å². The number of ether oxygens (including phenoxy) is 3. The minimum atomic E-state index is 0.611. The molecule has 0 N–H and O–H groups in total. The monoisotopic (exact) mass is 392 g/mol. The molecule has 0 saturated heterocycles. The zero-order valence-electron chi connectivity index (χ0n) is 16.9. The van der Waals surface area contributed by atoms with E-state index in [1.165, 1.54) is 5.56 Å². The van der Waals surface area contributed by atoms with E-state index >= 15 is 0 Å². The molecule has 7 nitrogen and oxygen atoms in total. The molecule has 4 rings (SSSR count). The predicted molar refractivity (Wildman–Crippen MR) is 109 cm³/mol. The number of methoxy groups -OCH3 is 3. The summed E-state index contributed by atoms with van der Waals surface area (Å²) in [5, 5.41) is 0. The summed E-state index contributed by atoms with van der Waals surface area (Å²) in [7, 11) is 4.88. The largest absolute Gasteiger partial charge is 0.493 e. The predicted octanol–water partition coefficient (Wildman–Crippen LogP) is 3.12. The van der Waals surface area contributed by atoms with Crippen LogP contribution < -0.4 is 14.2 Å². The first-order valence-corrected chi connectivity index (χ1v) is 9.48. The van der Waals surface area contributed by atoms with Crippen LogP contribution >= 0.6 is 0 Å². The van der Waals surface area contributed by atoms with E-state index in [1.54, 1.807) is 33.7 Å². The van der Waals surface area contributed by atoms with E-state index < -0.39 is 0 Å². The molecule has 0 bridgehead atoms. The van der Waals surface area contributed by atoms with Gasteiger partial charge in [0.2, 0.25) is 5.75 Å². The second kappa shape index (κ2) is 8.45. The van der Waals surface area contributed by atoms with Crippen LogP contribution in [-0.2, 0) is 19.5 Å². The molecule has 0 aliphatic carbocycles. The molecule has 0 fully saturated rings. The summed E-state index contributed by atoms with van der Waals surface area (Å²) >= 11 is 0. The Labute approximate surface area is 170 Å². The van der Waals surface area contributed by atoms with Crippen LogP contribution in [0.15, 0.2) is 42.9 Å². The van der Waals surface area contributed by atoms with Crippen LogP contribution in [-0.4, -0.2) is 47.7 Å². The molecule has 3 aromatic rings. The molecule has 150 valence electrons. The molecule has 1 aromatic carbocycles. The van der Waals surface area contributed by atoms with Crippen LogP contribution in [0.3, 0.4) is 0 Å². The standard InChI is InChI=1S/C22H24N4O3/c1-27-19-10-15(11-20(28-2)21(19)29-3)13-26-9-6-18-17(14-26)12-24-22(25-18)16-4-7-23-8-5-16/h4-5,7-8,10-12H,6,9,13-14H2,1-3H3. The molecule has 29 heavy (non-hydrogen) atoms. The van der Waals surface area contributed by atoms with Crippen molar-refractivity contribution in [3.8, 4) is 28.6 Å². The van der Waals surface area contributed by atoms with Gasteiger partial charge in [-0.25, -0.2) is 9.97 Å². The minimum absolute atomic E-state index is 0.611. The van der Waals surface area contributed by atoms with Crippen molar-refractivity contribution in [3.05, 3.63) is 59.7 Å². The summed E-state index contributed by atoms with van der Waals surface area (Å²) in [6.45, 7) is 2.52. The lowest BCUT2D eigenvalue weighted by molar-refractivity contribution is 0.241. The smallest absolute Gasteiger partial charge is 0.203 e. The third kappa shape index (κ3) is 4.00. The SMILES string of the molecule is COc1cc(CN2CCc3nc(-c4ccncc4)ncc3C2)cc(OC)c1OC. The lowest BCUT2D eigenvalue weighted by Crippen LogP contribution is -2.31. The van der Waals surface area contributed by atoms with E-state index in [4.69, 9.17) is 19.2 Å². The topological polar surface area (TPSA) is 69.6 Å². The normalized spacial score (nSPS) is 13.6. The van der Waals surface area contributed by atoms with Gasteiger partial charge in [-0.1, -0.05) is 0 Å². The highest BCUT2D eigenvalue weighted by Crippen LogP contribution is 2.38. The van der Waals surface area contributed by atoms with E-state index in [0.29, 0.717) is 17.2 Å². The number of fused-ring (bicyclic) bond motifs is 1. The summed E-state index contributed by atoms with van der Waals surface area (Å²) < 4.78 is 16.4. The van der Waals surface area contributed by atoms with Crippen molar-refractivity contribution in [1.29, 1.82) is 0 Å². The summed E-state index contributed by atoms with van der Waals surface area (Å²) in [4.78, 5) is 15.8. The summed E-state index contributed by atoms with van der Waals surface area (Å²) in [6.07, 6.45) is 6.36. The molecule has 3 heterocycles. The van der Waals surface area contributed by atoms with E-state index in [2.05, 4.69) is 14.9 Å². The Balaban J connectivity index is 1.52. The fourth-order valence-electron chi connectivity index (χ4n) is 3.63. The Morgan fingerprint density at radius 1 is 1.00 bits per heavy atom. The van der Waals surface area contributed by atoms with Gasteiger partial charge in [0.15, 0.2) is 17.3 Å². The zero-order valence-corrected chi connectivity index (χ0v) is 16.9. The Morgan fingerprint density at radius 3 is 2.38 bits per heavy atom. The molecule has 7 heteroatoms. The van der Waals surface area contributed by atoms with Crippen LogP contribution in [0.25, 0.3) is 11.4 Å². The fourth-order valence-corrected chi connectivity index (χ4v) is 3.63. The van der Waals surface area contributed by atoms with Crippen LogP contribution in [0.2, 0.25) is 0 Å². The lowest BCUT2D eigenvalue weighted by Gasteiger charge is -2.28. The van der Waals surface area contributed by atoms with Crippen molar-refractivity contribution in [2.75, 3.05) is 27.9 Å². The maximum atomic E-state index is 5.47. The molecule has 0 saturated carbocycles. The Hall–Kier alpha value is -3.19. The maximum Gasteiger partial charge on any atom is 0.203 e. The van der Waals surface area contributed by atoms with Gasteiger partial charge in [-0.2, -0.15) is 0 Å². The average Bonchev–Trinajstić information content (AvgIpc) is 2.78. The van der Waals surface area contributed by atoms with Crippen LogP contribution in [0.4, 0.5) is 0 Å². The molecule has 2 aromatic heterocycles. The summed E-state index contributed by atoms with van der Waals surface area (Å²) in [5.41, 5.74) is 4.38. The number of nitrogens with zero attached hydrogens (tertiary/aromatic N) is 4. The van der Waals surface area contributed by atoms with Gasteiger partial charge in [-0.3, -0.25) is 9.88 Å². The maximum absolute atomic E-state index is 5.47. The van der Waals surface area contributed by atoms with Gasteiger partial charge in [-0.05, 0) is 29.8 Å². The van der Waals surface area contributed by atoms with Crippen LogP contribution in [0, 0.1) is 0 Å². The molecule has 0 atom stereocenters. The number of pyridine rings is 1. The van der Waals surface area contributed by atoms with Gasteiger partial charge in [0, 0.05) is 55.8 Å². The van der Waals surface area contributed by atoms with Crippen LogP contribution in [0.5, 0.6) is 17.2 Å². The Kier molecular flexibility index (Phi) is 5.57. The fraction of sp³-hybridized carbons (Fsp3) is 0.318. The number of aromatic nitrogens is 3. The highest BCUT2D eigenvalue weighted by atomic mass is 16.5. The highest BCUT2D eigenvalue weighted by Gasteiger charge is 2.20. The molecule has 0 amide bonds. The Morgan fingerprint density at radius 2 is 1.72 bits per heavy atom. The quantitative estimate of drug-likeness (QED) is 0.638. The number of benzene rings is 1. The minimum Gasteiger partial charge on any atom is -0.493 e. The van der Waals surface area contributed by atoms with Crippen LogP contribution in [0.1, 0.15) is 16.8 Å². The second-order valence-electron chi connectivity index (χ2n) is 6.90. The molecular formula is C22H24N4O3. The van der Waals surface area contributed by atoms with E-state index in [1.807, 2.05) is 30.5 Å². The molecule has 0 unspecified atom stereocenters. The molecule has 0 radical (unpaired) electrons. The van der Waals surface area contributed by atoms with Crippen molar-refractivity contribution in [2.24, 2.45) is 0 Å². The van der Waals surface area contributed by atoms with Gasteiger partial charge in [-0.15, -0.1) is 0 Å².